The largest absolute Gasteiger partial charge is 0.118 e. The van der Waals surface area contributed by atoms with Gasteiger partial charge in [0.1, 0.15) is 0 Å². The van der Waals surface area contributed by atoms with Gasteiger partial charge in [0.15, 0.2) is 0 Å². The molecule has 90 valence electrons. The minimum absolute atomic E-state index is 0.112. The number of fused-ring (bicyclic) bond motifs is 1. The van der Waals surface area contributed by atoms with Gasteiger partial charge in [-0.15, -0.1) is 11.6 Å². The highest BCUT2D eigenvalue weighted by Crippen LogP contribution is 2.35. The molecule has 0 amide bonds. The lowest BCUT2D eigenvalue weighted by Crippen LogP contribution is -2.04. The number of hydrogen-bond donors (Lipinski definition) is 0. The molecule has 1 heteroatoms. The molecule has 0 bridgehead atoms. The van der Waals surface area contributed by atoms with E-state index >= 15 is 0 Å². The van der Waals surface area contributed by atoms with Crippen LogP contribution in [0.15, 0.2) is 42.5 Å². The van der Waals surface area contributed by atoms with Crippen molar-refractivity contribution in [2.45, 2.75) is 32.1 Å². The predicted molar refractivity (Wildman–Crippen MR) is 76.6 cm³/mol. The van der Waals surface area contributed by atoms with Crippen molar-refractivity contribution in [1.82, 2.24) is 0 Å². The van der Waals surface area contributed by atoms with Crippen LogP contribution in [0.5, 0.6) is 0 Å². The fourth-order valence-corrected chi connectivity index (χ4v) is 2.72. The van der Waals surface area contributed by atoms with Gasteiger partial charge in [-0.2, -0.15) is 0 Å². The summed E-state index contributed by atoms with van der Waals surface area (Å²) in [4.78, 5) is 0. The second-order valence-electron chi connectivity index (χ2n) is 4.74. The zero-order valence-corrected chi connectivity index (χ0v) is 11.2. The second-order valence-corrected chi connectivity index (χ2v) is 5.21. The molecule has 0 radical (unpaired) electrons. The van der Waals surface area contributed by atoms with Gasteiger partial charge in [-0.3, -0.25) is 0 Å². The van der Waals surface area contributed by atoms with Crippen molar-refractivity contribution < 1.29 is 0 Å². The van der Waals surface area contributed by atoms with Crippen LogP contribution in [0, 0.1) is 5.92 Å². The predicted octanol–water partition coefficient (Wildman–Crippen LogP) is 5.56. The SMILES string of the molecule is CCCC(C)C(Cl)c1cccc2ccccc12. The average Bonchev–Trinajstić information content (AvgIpc) is 2.37. The smallest absolute Gasteiger partial charge is 0.0616 e. The molecule has 17 heavy (non-hydrogen) atoms. The van der Waals surface area contributed by atoms with Gasteiger partial charge in [-0.1, -0.05) is 62.7 Å². The summed E-state index contributed by atoms with van der Waals surface area (Å²) >= 11 is 6.61. The zero-order valence-electron chi connectivity index (χ0n) is 10.5. The number of benzene rings is 2. The van der Waals surface area contributed by atoms with Gasteiger partial charge in [0.05, 0.1) is 5.38 Å². The van der Waals surface area contributed by atoms with Crippen LogP contribution in [0.3, 0.4) is 0 Å². The molecule has 2 aromatic carbocycles. The maximum Gasteiger partial charge on any atom is 0.0616 e. The molecular formula is C16H19Cl. The Morgan fingerprint density at radius 3 is 2.53 bits per heavy atom. The first-order chi connectivity index (χ1) is 8.24. The van der Waals surface area contributed by atoms with Crippen molar-refractivity contribution in [2.75, 3.05) is 0 Å². The van der Waals surface area contributed by atoms with Crippen LogP contribution in [0.2, 0.25) is 0 Å². The van der Waals surface area contributed by atoms with E-state index in [4.69, 9.17) is 11.6 Å². The van der Waals surface area contributed by atoms with Crippen LogP contribution < -0.4 is 0 Å². The van der Waals surface area contributed by atoms with Crippen LogP contribution >= 0.6 is 11.6 Å². The van der Waals surface area contributed by atoms with Gasteiger partial charge in [-0.25, -0.2) is 0 Å². The first-order valence-corrected chi connectivity index (χ1v) is 6.79. The molecular weight excluding hydrogens is 228 g/mol. The van der Waals surface area contributed by atoms with Gasteiger partial charge < -0.3 is 0 Å². The highest BCUT2D eigenvalue weighted by atomic mass is 35.5. The van der Waals surface area contributed by atoms with E-state index in [-0.39, 0.29) is 5.38 Å². The molecule has 0 aliphatic rings. The summed E-state index contributed by atoms with van der Waals surface area (Å²) in [6.07, 6.45) is 2.37. The summed E-state index contributed by atoms with van der Waals surface area (Å²) in [5.74, 6) is 0.521. The first-order valence-electron chi connectivity index (χ1n) is 6.35. The molecule has 0 fully saturated rings. The molecule has 2 aromatic rings. The van der Waals surface area contributed by atoms with E-state index in [2.05, 4.69) is 56.3 Å². The van der Waals surface area contributed by atoms with Crippen molar-refractivity contribution in [3.63, 3.8) is 0 Å². The van der Waals surface area contributed by atoms with Gasteiger partial charge in [0.25, 0.3) is 0 Å². The Balaban J connectivity index is 2.41. The highest BCUT2D eigenvalue weighted by Gasteiger charge is 2.17. The Labute approximate surface area is 109 Å². The zero-order chi connectivity index (χ0) is 12.3. The maximum atomic E-state index is 6.61. The normalized spacial score (nSPS) is 14.8. The Hall–Kier alpha value is -1.01. The summed E-state index contributed by atoms with van der Waals surface area (Å²) in [5, 5.41) is 2.68. The lowest BCUT2D eigenvalue weighted by molar-refractivity contribution is 0.509. The fraction of sp³-hybridized carbons (Fsp3) is 0.375. The molecule has 2 atom stereocenters. The van der Waals surface area contributed by atoms with E-state index in [1.165, 1.54) is 29.2 Å². The molecule has 0 nitrogen and oxygen atoms in total. The summed E-state index contributed by atoms with van der Waals surface area (Å²) in [6, 6.07) is 14.9. The molecule has 2 unspecified atom stereocenters. The molecule has 0 aliphatic carbocycles. The Morgan fingerprint density at radius 2 is 1.76 bits per heavy atom. The van der Waals surface area contributed by atoms with Crippen LogP contribution in [0.4, 0.5) is 0 Å². The average molecular weight is 247 g/mol. The van der Waals surface area contributed by atoms with E-state index in [0.717, 1.165) is 0 Å². The molecule has 0 aliphatic heterocycles. The lowest BCUT2D eigenvalue weighted by Gasteiger charge is -2.19. The molecule has 0 saturated heterocycles. The maximum absolute atomic E-state index is 6.61. The van der Waals surface area contributed by atoms with Crippen LogP contribution in [0.1, 0.15) is 37.6 Å². The van der Waals surface area contributed by atoms with Crippen molar-refractivity contribution in [1.29, 1.82) is 0 Å². The van der Waals surface area contributed by atoms with Gasteiger partial charge in [0, 0.05) is 0 Å². The van der Waals surface area contributed by atoms with E-state index in [9.17, 15) is 0 Å². The molecule has 2 rings (SSSR count). The van der Waals surface area contributed by atoms with Crippen molar-refractivity contribution >= 4 is 22.4 Å². The van der Waals surface area contributed by atoms with E-state index in [1.807, 2.05) is 0 Å². The number of halogens is 1. The summed E-state index contributed by atoms with van der Waals surface area (Å²) < 4.78 is 0. The standard InChI is InChI=1S/C16H19Cl/c1-3-7-12(2)16(17)15-11-6-9-13-8-4-5-10-14(13)15/h4-6,8-12,16H,3,7H2,1-2H3. The minimum Gasteiger partial charge on any atom is -0.118 e. The second kappa shape index (κ2) is 5.55. The number of rotatable bonds is 4. The monoisotopic (exact) mass is 246 g/mol. The third kappa shape index (κ3) is 2.63. The lowest BCUT2D eigenvalue weighted by atomic mass is 9.93. The molecule has 0 N–H and O–H groups in total. The fourth-order valence-electron chi connectivity index (χ4n) is 2.40. The van der Waals surface area contributed by atoms with Gasteiger partial charge in [-0.05, 0) is 28.7 Å². The minimum atomic E-state index is 0.112. The Bertz CT molecular complexity index is 484. The van der Waals surface area contributed by atoms with Crippen LogP contribution in [-0.2, 0) is 0 Å². The number of alkyl halides is 1. The van der Waals surface area contributed by atoms with Crippen molar-refractivity contribution in [2.24, 2.45) is 5.92 Å². The highest BCUT2D eigenvalue weighted by molar-refractivity contribution is 6.22. The van der Waals surface area contributed by atoms with Crippen molar-refractivity contribution in [3.05, 3.63) is 48.0 Å². The first kappa shape index (κ1) is 12.4. The Kier molecular flexibility index (Phi) is 4.06. The van der Waals surface area contributed by atoms with Crippen LogP contribution in [0.25, 0.3) is 10.8 Å². The van der Waals surface area contributed by atoms with E-state index < -0.39 is 0 Å². The summed E-state index contributed by atoms with van der Waals surface area (Å²) in [6.45, 7) is 4.45. The number of hydrogen-bond acceptors (Lipinski definition) is 0. The molecule has 0 aromatic heterocycles. The topological polar surface area (TPSA) is 0 Å². The molecule has 0 spiro atoms. The van der Waals surface area contributed by atoms with Gasteiger partial charge >= 0.3 is 0 Å². The van der Waals surface area contributed by atoms with Gasteiger partial charge in [0.2, 0.25) is 0 Å². The molecule has 0 saturated carbocycles. The Morgan fingerprint density at radius 1 is 1.06 bits per heavy atom. The summed E-state index contributed by atoms with van der Waals surface area (Å²) in [5.41, 5.74) is 1.27. The molecule has 0 heterocycles. The quantitative estimate of drug-likeness (QED) is 0.620. The van der Waals surface area contributed by atoms with E-state index in [1.54, 1.807) is 0 Å². The van der Waals surface area contributed by atoms with Crippen LogP contribution in [-0.4, -0.2) is 0 Å². The van der Waals surface area contributed by atoms with Crippen molar-refractivity contribution in [3.8, 4) is 0 Å². The third-order valence-electron chi connectivity index (χ3n) is 3.36. The summed E-state index contributed by atoms with van der Waals surface area (Å²) in [7, 11) is 0. The third-order valence-corrected chi connectivity index (χ3v) is 4.03. The van der Waals surface area contributed by atoms with E-state index in [0.29, 0.717) is 5.92 Å².